The highest BCUT2D eigenvalue weighted by atomic mass is 14.9. The van der Waals surface area contributed by atoms with E-state index in [2.05, 4.69) is 64.0 Å². The van der Waals surface area contributed by atoms with Gasteiger partial charge in [0, 0.05) is 59.4 Å². The Kier molecular flexibility index (Phi) is 3.82. The van der Waals surface area contributed by atoms with E-state index in [1.54, 1.807) is 0 Å². The summed E-state index contributed by atoms with van der Waals surface area (Å²) in [5.41, 5.74) is 4.34. The first-order valence-electron chi connectivity index (χ1n) is 9.72. The normalized spacial score (nSPS) is 11.8. The zero-order valence-corrected chi connectivity index (χ0v) is 16.5. The molecule has 3 nitrogen and oxygen atoms in total. The molecule has 0 atom stereocenters. The van der Waals surface area contributed by atoms with Gasteiger partial charge in [-0.2, -0.15) is 5.26 Å². The molecule has 0 bridgehead atoms. The molecule has 0 aliphatic heterocycles. The number of hydrogen-bond donors (Lipinski definition) is 0. The van der Waals surface area contributed by atoms with Gasteiger partial charge in [0.1, 0.15) is 5.41 Å². The van der Waals surface area contributed by atoms with Gasteiger partial charge < -0.3 is 9.13 Å². The molecule has 0 amide bonds. The van der Waals surface area contributed by atoms with E-state index in [0.29, 0.717) is 0 Å². The lowest BCUT2D eigenvalue weighted by Crippen LogP contribution is -2.27. The molecular weight excluding hydrogens is 354 g/mol. The SMILES string of the molecule is Cn1cc(C(C#N)(c2ccccc2)c2cn(C)c3ccccc23)c2ccccc21. The summed E-state index contributed by atoms with van der Waals surface area (Å²) in [5.74, 6) is 0. The monoisotopic (exact) mass is 375 g/mol. The predicted octanol–water partition coefficient (Wildman–Crippen LogP) is 5.53. The number of para-hydroxylation sites is 2. The first-order valence-corrected chi connectivity index (χ1v) is 9.72. The molecule has 0 saturated carbocycles. The molecule has 29 heavy (non-hydrogen) atoms. The van der Waals surface area contributed by atoms with Gasteiger partial charge in [-0.3, -0.25) is 0 Å². The van der Waals surface area contributed by atoms with Crippen LogP contribution in [0.3, 0.4) is 0 Å². The van der Waals surface area contributed by atoms with Gasteiger partial charge in [-0.15, -0.1) is 0 Å². The molecule has 0 aliphatic carbocycles. The Labute approximate surface area is 170 Å². The summed E-state index contributed by atoms with van der Waals surface area (Å²) < 4.78 is 4.23. The van der Waals surface area contributed by atoms with Crippen LogP contribution >= 0.6 is 0 Å². The van der Waals surface area contributed by atoms with Gasteiger partial charge in [0.2, 0.25) is 0 Å². The average molecular weight is 375 g/mol. The van der Waals surface area contributed by atoms with Gasteiger partial charge in [-0.25, -0.2) is 0 Å². The number of aryl methyl sites for hydroxylation is 2. The van der Waals surface area contributed by atoms with Crippen molar-refractivity contribution in [2.75, 3.05) is 0 Å². The Hall–Kier alpha value is -3.77. The summed E-state index contributed by atoms with van der Waals surface area (Å²) in [6.07, 6.45) is 4.23. The molecule has 0 spiro atoms. The molecule has 3 heteroatoms. The molecule has 0 N–H and O–H groups in total. The van der Waals surface area contributed by atoms with Crippen LogP contribution in [0.25, 0.3) is 21.8 Å². The van der Waals surface area contributed by atoms with Crippen LogP contribution in [0.2, 0.25) is 0 Å². The molecule has 0 saturated heterocycles. The van der Waals surface area contributed by atoms with E-state index in [4.69, 9.17) is 0 Å². The van der Waals surface area contributed by atoms with Crippen molar-refractivity contribution in [3.63, 3.8) is 0 Å². The van der Waals surface area contributed by atoms with Crippen LogP contribution in [0.15, 0.2) is 91.3 Å². The lowest BCUT2D eigenvalue weighted by molar-refractivity contribution is 0.792. The van der Waals surface area contributed by atoms with Gasteiger partial charge in [0.05, 0.1) is 6.07 Å². The van der Waals surface area contributed by atoms with E-state index in [9.17, 15) is 5.26 Å². The number of aromatic nitrogens is 2. The average Bonchev–Trinajstić information content (AvgIpc) is 3.29. The predicted molar refractivity (Wildman–Crippen MR) is 118 cm³/mol. The maximum atomic E-state index is 10.8. The molecule has 5 aromatic rings. The van der Waals surface area contributed by atoms with Crippen molar-refractivity contribution in [1.82, 2.24) is 9.13 Å². The third-order valence-corrected chi connectivity index (χ3v) is 5.98. The Morgan fingerprint density at radius 2 is 1.10 bits per heavy atom. The molecule has 5 rings (SSSR count). The summed E-state index contributed by atoms with van der Waals surface area (Å²) in [6.45, 7) is 0. The smallest absolute Gasteiger partial charge is 0.136 e. The summed E-state index contributed by atoms with van der Waals surface area (Å²) >= 11 is 0. The number of nitrogens with zero attached hydrogens (tertiary/aromatic N) is 3. The molecular formula is C26H21N3. The fourth-order valence-electron chi connectivity index (χ4n) is 4.61. The number of fused-ring (bicyclic) bond motifs is 2. The summed E-state index contributed by atoms with van der Waals surface area (Å²) in [7, 11) is 4.09. The van der Waals surface area contributed by atoms with Crippen molar-refractivity contribution in [2.45, 2.75) is 5.41 Å². The fraction of sp³-hybridized carbons (Fsp3) is 0.115. The Morgan fingerprint density at radius 3 is 1.59 bits per heavy atom. The first-order chi connectivity index (χ1) is 14.2. The van der Waals surface area contributed by atoms with Gasteiger partial charge in [0.15, 0.2) is 0 Å². The Bertz CT molecular complexity index is 1300. The topological polar surface area (TPSA) is 33.6 Å². The van der Waals surface area contributed by atoms with Gasteiger partial charge in [-0.05, 0) is 17.7 Å². The van der Waals surface area contributed by atoms with Crippen LogP contribution in [-0.4, -0.2) is 9.13 Å². The molecule has 0 unspecified atom stereocenters. The third kappa shape index (κ3) is 2.36. The zero-order chi connectivity index (χ0) is 20.0. The minimum absolute atomic E-state index is 0.914. The number of benzene rings is 3. The number of nitriles is 1. The van der Waals surface area contributed by atoms with Crippen molar-refractivity contribution in [2.24, 2.45) is 14.1 Å². The second-order valence-electron chi connectivity index (χ2n) is 7.57. The molecule has 140 valence electrons. The van der Waals surface area contributed by atoms with E-state index in [1.165, 1.54) is 0 Å². The van der Waals surface area contributed by atoms with Gasteiger partial charge in [0.25, 0.3) is 0 Å². The standard InChI is InChI=1S/C26H21N3/c1-28-16-22(20-12-6-8-14-24(20)28)26(18-27,19-10-4-3-5-11-19)23-17-29(2)25-15-9-7-13-21(23)25/h3-17H,1-2H3. The zero-order valence-electron chi connectivity index (χ0n) is 16.5. The molecule has 0 radical (unpaired) electrons. The summed E-state index contributed by atoms with van der Waals surface area (Å²) in [6, 6.07) is 29.5. The summed E-state index contributed by atoms with van der Waals surface area (Å²) in [5, 5.41) is 13.0. The minimum atomic E-state index is -0.914. The highest BCUT2D eigenvalue weighted by Gasteiger charge is 2.41. The van der Waals surface area contributed by atoms with Crippen LogP contribution in [0.1, 0.15) is 16.7 Å². The molecule has 3 aromatic carbocycles. The molecule has 2 aromatic heterocycles. The quantitative estimate of drug-likeness (QED) is 0.408. The molecule has 2 heterocycles. The molecule has 0 aliphatic rings. The Morgan fingerprint density at radius 1 is 0.655 bits per heavy atom. The van der Waals surface area contributed by atoms with Crippen LogP contribution in [0.4, 0.5) is 0 Å². The second kappa shape index (κ2) is 6.39. The lowest BCUT2D eigenvalue weighted by Gasteiger charge is -2.27. The van der Waals surface area contributed by atoms with Crippen LogP contribution in [0, 0.1) is 11.3 Å². The van der Waals surface area contributed by atoms with Crippen molar-refractivity contribution < 1.29 is 0 Å². The van der Waals surface area contributed by atoms with Crippen molar-refractivity contribution in [3.05, 3.63) is 108 Å². The summed E-state index contributed by atoms with van der Waals surface area (Å²) in [4.78, 5) is 0. The van der Waals surface area contributed by atoms with Crippen LogP contribution in [0.5, 0.6) is 0 Å². The minimum Gasteiger partial charge on any atom is -0.350 e. The van der Waals surface area contributed by atoms with Crippen LogP contribution in [-0.2, 0) is 19.5 Å². The lowest BCUT2D eigenvalue weighted by atomic mass is 9.70. The van der Waals surface area contributed by atoms with E-state index < -0.39 is 5.41 Å². The largest absolute Gasteiger partial charge is 0.350 e. The third-order valence-electron chi connectivity index (χ3n) is 5.98. The van der Waals surface area contributed by atoms with Crippen LogP contribution < -0.4 is 0 Å². The van der Waals surface area contributed by atoms with Gasteiger partial charge >= 0.3 is 0 Å². The van der Waals surface area contributed by atoms with E-state index >= 15 is 0 Å². The van der Waals surface area contributed by atoms with Crippen molar-refractivity contribution >= 4 is 21.8 Å². The van der Waals surface area contributed by atoms with E-state index in [0.717, 1.165) is 38.5 Å². The number of rotatable bonds is 3. The second-order valence-corrected chi connectivity index (χ2v) is 7.57. The highest BCUT2D eigenvalue weighted by Crippen LogP contribution is 2.45. The van der Waals surface area contributed by atoms with Crippen molar-refractivity contribution in [3.8, 4) is 6.07 Å². The Balaban J connectivity index is 1.97. The number of hydrogen-bond acceptors (Lipinski definition) is 1. The van der Waals surface area contributed by atoms with E-state index in [1.807, 2.05) is 56.6 Å². The highest BCUT2D eigenvalue weighted by molar-refractivity contribution is 5.92. The fourth-order valence-corrected chi connectivity index (χ4v) is 4.61. The van der Waals surface area contributed by atoms with Gasteiger partial charge in [-0.1, -0.05) is 66.7 Å². The first kappa shape index (κ1) is 17.3. The molecule has 0 fully saturated rings. The van der Waals surface area contributed by atoms with E-state index in [-0.39, 0.29) is 0 Å². The maximum absolute atomic E-state index is 10.8. The van der Waals surface area contributed by atoms with Crippen molar-refractivity contribution in [1.29, 1.82) is 5.26 Å². The maximum Gasteiger partial charge on any atom is 0.136 e.